The molecule has 0 bridgehead atoms. The van der Waals surface area contributed by atoms with Gasteiger partial charge in [-0.1, -0.05) is 30.4 Å². The summed E-state index contributed by atoms with van der Waals surface area (Å²) in [7, 11) is 0. The van der Waals surface area contributed by atoms with E-state index in [1.165, 1.54) is 0 Å². The molecule has 18 heavy (non-hydrogen) atoms. The van der Waals surface area contributed by atoms with Crippen LogP contribution in [0.15, 0.2) is 41.5 Å². The molecule has 0 saturated heterocycles. The Morgan fingerprint density at radius 1 is 1.50 bits per heavy atom. The van der Waals surface area contributed by atoms with E-state index >= 15 is 0 Å². The molecule has 0 atom stereocenters. The van der Waals surface area contributed by atoms with Crippen LogP contribution in [-0.4, -0.2) is 14.5 Å². The molecule has 0 radical (unpaired) electrons. The van der Waals surface area contributed by atoms with Crippen molar-refractivity contribution >= 4 is 17.2 Å². The van der Waals surface area contributed by atoms with Gasteiger partial charge in [0.15, 0.2) is 0 Å². The third kappa shape index (κ3) is 2.81. The fourth-order valence-corrected chi connectivity index (χ4v) is 1.83. The van der Waals surface area contributed by atoms with Crippen LogP contribution in [0.5, 0.6) is 0 Å². The molecule has 1 aromatic heterocycles. The second-order valence-corrected chi connectivity index (χ2v) is 4.55. The fraction of sp³-hybridized carbons (Fsp3) is 0.154. The van der Waals surface area contributed by atoms with Gasteiger partial charge in [-0.05, 0) is 24.1 Å². The molecule has 2 rings (SSSR count). The van der Waals surface area contributed by atoms with Crippen LogP contribution in [0.3, 0.4) is 0 Å². The minimum atomic E-state index is -0.263. The van der Waals surface area contributed by atoms with Crippen molar-refractivity contribution in [3.8, 4) is 0 Å². The number of nitrogens with zero attached hydrogens (tertiary/aromatic N) is 2. The van der Waals surface area contributed by atoms with Gasteiger partial charge in [0.05, 0.1) is 6.54 Å². The maximum atomic E-state index is 11.6. The third-order valence-electron chi connectivity index (χ3n) is 2.55. The summed E-state index contributed by atoms with van der Waals surface area (Å²) in [5, 5.41) is 0. The van der Waals surface area contributed by atoms with E-state index in [0.717, 1.165) is 16.7 Å². The molecule has 0 fully saturated rings. The highest BCUT2D eigenvalue weighted by Gasteiger charge is 2.02. The summed E-state index contributed by atoms with van der Waals surface area (Å²) in [6.45, 7) is 2.36. The average molecular weight is 259 g/mol. The van der Waals surface area contributed by atoms with Crippen LogP contribution < -0.4 is 11.4 Å². The molecule has 0 aliphatic carbocycles. The largest absolute Gasteiger partial charge is 0.389 e. The monoisotopic (exact) mass is 259 g/mol. The van der Waals surface area contributed by atoms with E-state index in [4.69, 9.17) is 18.0 Å². The highest BCUT2D eigenvalue weighted by molar-refractivity contribution is 7.80. The normalized spacial score (nSPS) is 10.3. The third-order valence-corrected chi connectivity index (χ3v) is 2.78. The molecular formula is C13H13N3OS. The molecular weight excluding hydrogens is 246 g/mol. The zero-order valence-electron chi connectivity index (χ0n) is 9.96. The summed E-state index contributed by atoms with van der Waals surface area (Å²) >= 11 is 4.93. The van der Waals surface area contributed by atoms with Crippen molar-refractivity contribution in [1.29, 1.82) is 0 Å². The Bertz CT molecular complexity index is 649. The number of hydrogen-bond acceptors (Lipinski definition) is 3. The Hall–Kier alpha value is -2.01. The quantitative estimate of drug-likeness (QED) is 0.842. The second-order valence-electron chi connectivity index (χ2n) is 4.11. The second kappa shape index (κ2) is 5.10. The van der Waals surface area contributed by atoms with Gasteiger partial charge in [-0.25, -0.2) is 9.78 Å². The molecule has 0 aliphatic heterocycles. The van der Waals surface area contributed by atoms with E-state index in [1.807, 2.05) is 31.2 Å². The van der Waals surface area contributed by atoms with Gasteiger partial charge in [-0.2, -0.15) is 0 Å². The van der Waals surface area contributed by atoms with Crippen molar-refractivity contribution in [2.45, 2.75) is 13.5 Å². The lowest BCUT2D eigenvalue weighted by atomic mass is 10.1. The van der Waals surface area contributed by atoms with E-state index in [2.05, 4.69) is 4.98 Å². The number of thiocarbonyl (C=S) groups is 1. The van der Waals surface area contributed by atoms with Gasteiger partial charge in [0.1, 0.15) is 4.99 Å². The summed E-state index contributed by atoms with van der Waals surface area (Å²) in [4.78, 5) is 15.7. The Morgan fingerprint density at radius 3 is 3.00 bits per heavy atom. The number of rotatable bonds is 3. The highest BCUT2D eigenvalue weighted by Crippen LogP contribution is 2.06. The van der Waals surface area contributed by atoms with Crippen LogP contribution in [0.1, 0.15) is 16.7 Å². The zero-order valence-corrected chi connectivity index (χ0v) is 10.8. The van der Waals surface area contributed by atoms with Gasteiger partial charge < -0.3 is 5.73 Å². The zero-order chi connectivity index (χ0) is 13.1. The molecule has 0 aliphatic rings. The molecule has 1 aromatic carbocycles. The minimum Gasteiger partial charge on any atom is -0.389 e. The molecule has 0 saturated carbocycles. The first-order valence-corrected chi connectivity index (χ1v) is 5.89. The van der Waals surface area contributed by atoms with Crippen LogP contribution in [0, 0.1) is 6.92 Å². The lowest BCUT2D eigenvalue weighted by Gasteiger charge is -2.07. The maximum absolute atomic E-state index is 11.6. The van der Waals surface area contributed by atoms with Crippen LogP contribution in [0.2, 0.25) is 0 Å². The molecule has 2 aromatic rings. The van der Waals surface area contributed by atoms with Crippen LogP contribution in [0.4, 0.5) is 0 Å². The predicted octanol–water partition coefficient (Wildman–Crippen LogP) is 1.23. The highest BCUT2D eigenvalue weighted by atomic mass is 32.1. The topological polar surface area (TPSA) is 60.9 Å². The van der Waals surface area contributed by atoms with Crippen molar-refractivity contribution < 1.29 is 0 Å². The fourth-order valence-electron chi connectivity index (χ4n) is 1.70. The van der Waals surface area contributed by atoms with Crippen LogP contribution >= 0.6 is 12.2 Å². The molecule has 0 spiro atoms. The number of nitrogens with two attached hydrogens (primary N) is 1. The van der Waals surface area contributed by atoms with Gasteiger partial charge in [-0.3, -0.25) is 4.57 Å². The lowest BCUT2D eigenvalue weighted by Crippen LogP contribution is -2.23. The summed E-state index contributed by atoms with van der Waals surface area (Å²) < 4.78 is 1.56. The maximum Gasteiger partial charge on any atom is 0.347 e. The molecule has 2 N–H and O–H groups in total. The van der Waals surface area contributed by atoms with Crippen molar-refractivity contribution in [1.82, 2.24) is 9.55 Å². The minimum absolute atomic E-state index is 0.263. The molecule has 0 unspecified atom stereocenters. The van der Waals surface area contributed by atoms with E-state index < -0.39 is 0 Å². The van der Waals surface area contributed by atoms with Gasteiger partial charge >= 0.3 is 5.69 Å². The molecule has 0 amide bonds. The first-order valence-electron chi connectivity index (χ1n) is 5.48. The van der Waals surface area contributed by atoms with Gasteiger partial charge in [-0.15, -0.1) is 0 Å². The molecule has 1 heterocycles. The Kier molecular flexibility index (Phi) is 3.53. The van der Waals surface area contributed by atoms with Crippen LogP contribution in [-0.2, 0) is 6.54 Å². The van der Waals surface area contributed by atoms with Crippen molar-refractivity contribution in [3.05, 3.63) is 63.8 Å². The summed E-state index contributed by atoms with van der Waals surface area (Å²) in [6, 6.07) is 7.54. The number of benzene rings is 1. The summed E-state index contributed by atoms with van der Waals surface area (Å²) in [6.07, 6.45) is 3.34. The van der Waals surface area contributed by atoms with Gasteiger partial charge in [0, 0.05) is 18.0 Å². The van der Waals surface area contributed by atoms with Gasteiger partial charge in [0.25, 0.3) is 0 Å². The Balaban J connectivity index is 2.34. The first kappa shape index (κ1) is 12.4. The Labute approximate surface area is 110 Å². The van der Waals surface area contributed by atoms with E-state index in [0.29, 0.717) is 11.5 Å². The number of aryl methyl sites for hydroxylation is 1. The summed E-state index contributed by atoms with van der Waals surface area (Å²) in [5.74, 6) is 0. The van der Waals surface area contributed by atoms with Crippen LogP contribution in [0.25, 0.3) is 0 Å². The molecule has 4 nitrogen and oxygen atoms in total. The standard InChI is InChI=1S/C13H13N3OS/c1-9-6-15-13(17)16(7-9)8-10-3-2-4-11(5-10)12(14)18/h2-7H,8H2,1H3,(H2,14,18). The molecule has 5 heteroatoms. The first-order chi connectivity index (χ1) is 8.56. The Morgan fingerprint density at radius 2 is 2.28 bits per heavy atom. The van der Waals surface area contributed by atoms with E-state index in [-0.39, 0.29) is 5.69 Å². The lowest BCUT2D eigenvalue weighted by molar-refractivity contribution is 0.721. The van der Waals surface area contributed by atoms with E-state index in [1.54, 1.807) is 17.0 Å². The van der Waals surface area contributed by atoms with Crippen molar-refractivity contribution in [2.75, 3.05) is 0 Å². The number of aromatic nitrogens is 2. The predicted molar refractivity (Wildman–Crippen MR) is 74.7 cm³/mol. The summed E-state index contributed by atoms with van der Waals surface area (Å²) in [5.41, 5.74) is 8.03. The van der Waals surface area contributed by atoms with Crippen molar-refractivity contribution in [2.24, 2.45) is 5.73 Å². The molecule has 92 valence electrons. The van der Waals surface area contributed by atoms with Gasteiger partial charge in [0.2, 0.25) is 0 Å². The van der Waals surface area contributed by atoms with Crippen molar-refractivity contribution in [3.63, 3.8) is 0 Å². The van der Waals surface area contributed by atoms with E-state index in [9.17, 15) is 4.79 Å². The number of hydrogen-bond donors (Lipinski definition) is 1. The SMILES string of the molecule is Cc1cnc(=O)n(Cc2cccc(C(N)=S)c2)c1. The smallest absolute Gasteiger partial charge is 0.347 e. The average Bonchev–Trinajstić information content (AvgIpc) is 2.34.